The predicted octanol–water partition coefficient (Wildman–Crippen LogP) is 3.63. The van der Waals surface area contributed by atoms with Crippen LogP contribution in [0.5, 0.6) is 0 Å². The van der Waals surface area contributed by atoms with Gasteiger partial charge in [0, 0.05) is 62.6 Å². The number of halogens is 2. The molecule has 0 radical (unpaired) electrons. The number of aromatic nitrogens is 2. The Hall–Kier alpha value is -1.12. The van der Waals surface area contributed by atoms with Crippen LogP contribution in [0.1, 0.15) is 31.2 Å². The van der Waals surface area contributed by atoms with Crippen LogP contribution < -0.4 is 0 Å². The van der Waals surface area contributed by atoms with Gasteiger partial charge >= 0.3 is 0 Å². The van der Waals surface area contributed by atoms with Crippen molar-refractivity contribution in [2.75, 3.05) is 32.7 Å². The van der Waals surface area contributed by atoms with Crippen LogP contribution in [-0.4, -0.2) is 59.9 Å². The molecule has 0 aliphatic carbocycles. The Morgan fingerprint density at radius 1 is 1.07 bits per heavy atom. The summed E-state index contributed by atoms with van der Waals surface area (Å²) in [5.74, 6) is 1.46. The van der Waals surface area contributed by atoms with Crippen LogP contribution in [0.4, 0.5) is 0 Å². The molecule has 28 heavy (non-hydrogen) atoms. The van der Waals surface area contributed by atoms with Crippen molar-refractivity contribution in [3.8, 4) is 0 Å². The van der Waals surface area contributed by atoms with E-state index in [1.807, 2.05) is 12.4 Å². The lowest BCUT2D eigenvalue weighted by molar-refractivity contribution is 0.182. The molecular formula is C19H26Cl2N4O2S. The first kappa shape index (κ1) is 21.6. The highest BCUT2D eigenvalue weighted by Gasteiger charge is 2.30. The van der Waals surface area contributed by atoms with Crippen LogP contribution in [0.15, 0.2) is 29.4 Å². The first-order chi connectivity index (χ1) is 13.2. The van der Waals surface area contributed by atoms with Crippen molar-refractivity contribution in [1.82, 2.24) is 18.8 Å². The summed E-state index contributed by atoms with van der Waals surface area (Å²) >= 11 is 12.2. The molecule has 0 amide bonds. The maximum Gasteiger partial charge on any atom is 0.244 e. The van der Waals surface area contributed by atoms with Crippen LogP contribution in [0, 0.1) is 6.92 Å². The number of rotatable bonds is 6. The molecule has 9 heteroatoms. The molecule has 1 aliphatic rings. The van der Waals surface area contributed by atoms with Gasteiger partial charge in [-0.15, -0.1) is 0 Å². The second kappa shape index (κ2) is 8.71. The zero-order valence-corrected chi connectivity index (χ0v) is 18.7. The maximum absolute atomic E-state index is 13.0. The van der Waals surface area contributed by atoms with Gasteiger partial charge in [-0.2, -0.15) is 4.31 Å². The molecule has 1 saturated heterocycles. The topological polar surface area (TPSA) is 58.4 Å². The van der Waals surface area contributed by atoms with E-state index in [9.17, 15) is 8.42 Å². The van der Waals surface area contributed by atoms with Crippen molar-refractivity contribution in [2.24, 2.45) is 0 Å². The summed E-state index contributed by atoms with van der Waals surface area (Å²) in [6.07, 6.45) is 3.83. The van der Waals surface area contributed by atoms with E-state index in [-0.39, 0.29) is 9.92 Å². The van der Waals surface area contributed by atoms with Crippen molar-refractivity contribution >= 4 is 33.2 Å². The summed E-state index contributed by atoms with van der Waals surface area (Å²) in [6.45, 7) is 10.0. The molecule has 0 atom stereocenters. The molecule has 1 fully saturated rings. The van der Waals surface area contributed by atoms with E-state index in [1.165, 1.54) is 10.4 Å². The quantitative estimate of drug-likeness (QED) is 0.682. The van der Waals surface area contributed by atoms with Gasteiger partial charge in [0.1, 0.15) is 10.7 Å². The average Bonchev–Trinajstić information content (AvgIpc) is 3.12. The highest BCUT2D eigenvalue weighted by molar-refractivity contribution is 7.89. The Labute approximate surface area is 177 Å². The number of sulfonamides is 1. The minimum absolute atomic E-state index is 0.129. The van der Waals surface area contributed by atoms with Crippen molar-refractivity contribution in [1.29, 1.82) is 0 Å². The Balaban J connectivity index is 1.62. The third-order valence-corrected chi connectivity index (χ3v) is 7.85. The van der Waals surface area contributed by atoms with Gasteiger partial charge in [0.2, 0.25) is 10.0 Å². The minimum atomic E-state index is -3.63. The highest BCUT2D eigenvalue weighted by Crippen LogP contribution is 2.30. The predicted molar refractivity (Wildman–Crippen MR) is 113 cm³/mol. The molecule has 154 valence electrons. The lowest BCUT2D eigenvalue weighted by Gasteiger charge is -2.34. The Bertz CT molecular complexity index is 935. The summed E-state index contributed by atoms with van der Waals surface area (Å²) in [7, 11) is -3.63. The SMILES string of the molecule is Cc1cc(S(=O)(=O)N2CCN(CCn3ccnc3C(C)C)CC2)c(Cl)cc1Cl. The van der Waals surface area contributed by atoms with Gasteiger partial charge < -0.3 is 4.57 Å². The van der Waals surface area contributed by atoms with E-state index < -0.39 is 10.0 Å². The van der Waals surface area contributed by atoms with E-state index in [0.717, 1.165) is 18.9 Å². The van der Waals surface area contributed by atoms with Gasteiger partial charge in [0.05, 0.1) is 5.02 Å². The van der Waals surface area contributed by atoms with Crippen LogP contribution >= 0.6 is 23.2 Å². The minimum Gasteiger partial charge on any atom is -0.333 e. The maximum atomic E-state index is 13.0. The van der Waals surface area contributed by atoms with Crippen LogP contribution in [0.2, 0.25) is 10.0 Å². The lowest BCUT2D eigenvalue weighted by atomic mass is 10.2. The molecule has 2 aromatic rings. The summed E-state index contributed by atoms with van der Waals surface area (Å²) in [4.78, 5) is 6.83. The highest BCUT2D eigenvalue weighted by atomic mass is 35.5. The summed E-state index contributed by atoms with van der Waals surface area (Å²) in [6, 6.07) is 3.05. The molecule has 1 aromatic carbocycles. The van der Waals surface area contributed by atoms with Gasteiger partial charge in [-0.05, 0) is 24.6 Å². The van der Waals surface area contributed by atoms with Crippen LogP contribution in [-0.2, 0) is 16.6 Å². The van der Waals surface area contributed by atoms with Gasteiger partial charge in [0.25, 0.3) is 0 Å². The summed E-state index contributed by atoms with van der Waals surface area (Å²) in [5.41, 5.74) is 0.699. The molecule has 6 nitrogen and oxygen atoms in total. The fraction of sp³-hybridized carbons (Fsp3) is 0.526. The second-order valence-electron chi connectivity index (χ2n) is 7.41. The van der Waals surface area contributed by atoms with E-state index in [4.69, 9.17) is 23.2 Å². The van der Waals surface area contributed by atoms with E-state index in [2.05, 4.69) is 28.3 Å². The van der Waals surface area contributed by atoms with E-state index in [1.54, 1.807) is 13.0 Å². The zero-order valence-electron chi connectivity index (χ0n) is 16.4. The molecule has 0 N–H and O–H groups in total. The Morgan fingerprint density at radius 2 is 1.75 bits per heavy atom. The third-order valence-electron chi connectivity index (χ3n) is 5.08. The first-order valence-corrected chi connectivity index (χ1v) is 11.6. The molecule has 0 saturated carbocycles. The lowest BCUT2D eigenvalue weighted by Crippen LogP contribution is -2.49. The van der Waals surface area contributed by atoms with E-state index >= 15 is 0 Å². The number of benzene rings is 1. The molecule has 2 heterocycles. The number of imidazole rings is 1. The van der Waals surface area contributed by atoms with Gasteiger partial charge in [-0.1, -0.05) is 37.0 Å². The standard InChI is InChI=1S/C19H26Cl2N4O2S/c1-14(2)19-22-4-5-24(19)9-6-23-7-10-25(11-8-23)28(26,27)18-12-15(3)16(20)13-17(18)21/h4-5,12-14H,6-11H2,1-3H3. The van der Waals surface area contributed by atoms with Crippen molar-refractivity contribution in [2.45, 2.75) is 38.1 Å². The fourth-order valence-electron chi connectivity index (χ4n) is 3.42. The smallest absolute Gasteiger partial charge is 0.244 e. The Morgan fingerprint density at radius 3 is 2.39 bits per heavy atom. The monoisotopic (exact) mass is 444 g/mol. The number of piperazine rings is 1. The molecular weight excluding hydrogens is 419 g/mol. The van der Waals surface area contributed by atoms with Gasteiger partial charge in [-0.25, -0.2) is 13.4 Å². The Kier molecular flexibility index (Phi) is 6.72. The first-order valence-electron chi connectivity index (χ1n) is 9.39. The largest absolute Gasteiger partial charge is 0.333 e. The number of hydrogen-bond acceptors (Lipinski definition) is 4. The zero-order chi connectivity index (χ0) is 20.5. The summed E-state index contributed by atoms with van der Waals surface area (Å²) in [5, 5.41) is 0.633. The molecule has 1 aliphatic heterocycles. The number of aryl methyl sites for hydroxylation is 1. The summed E-state index contributed by atoms with van der Waals surface area (Å²) < 4.78 is 29.7. The van der Waals surface area contributed by atoms with Crippen molar-refractivity contribution < 1.29 is 8.42 Å². The molecule has 1 aromatic heterocycles. The second-order valence-corrected chi connectivity index (χ2v) is 10.1. The van der Waals surface area contributed by atoms with Crippen molar-refractivity contribution in [3.05, 3.63) is 46.0 Å². The normalized spacial score (nSPS) is 16.8. The average molecular weight is 445 g/mol. The number of hydrogen-bond donors (Lipinski definition) is 0. The number of nitrogens with zero attached hydrogens (tertiary/aromatic N) is 4. The van der Waals surface area contributed by atoms with E-state index in [0.29, 0.717) is 42.7 Å². The molecule has 0 spiro atoms. The molecule has 0 unspecified atom stereocenters. The van der Waals surface area contributed by atoms with Gasteiger partial charge in [0.15, 0.2) is 0 Å². The van der Waals surface area contributed by atoms with Crippen molar-refractivity contribution in [3.63, 3.8) is 0 Å². The van der Waals surface area contributed by atoms with Gasteiger partial charge in [-0.3, -0.25) is 4.90 Å². The third kappa shape index (κ3) is 4.54. The fourth-order valence-corrected chi connectivity index (χ4v) is 5.65. The molecule has 3 rings (SSSR count). The molecule has 0 bridgehead atoms. The van der Waals surface area contributed by atoms with Crippen LogP contribution in [0.25, 0.3) is 0 Å². The van der Waals surface area contributed by atoms with Crippen LogP contribution in [0.3, 0.4) is 0 Å².